The van der Waals surface area contributed by atoms with E-state index < -0.39 is 0 Å². The Morgan fingerprint density at radius 2 is 2.25 bits per heavy atom. The van der Waals surface area contributed by atoms with Crippen LogP contribution < -0.4 is 5.73 Å². The normalized spacial score (nSPS) is 13.6. The molecule has 4 nitrogen and oxygen atoms in total. The van der Waals surface area contributed by atoms with Crippen LogP contribution in [-0.2, 0) is 11.2 Å². The van der Waals surface area contributed by atoms with Gasteiger partial charge in [0.25, 0.3) is 0 Å². The van der Waals surface area contributed by atoms with Crippen molar-refractivity contribution in [3.8, 4) is 0 Å². The molecule has 16 heavy (non-hydrogen) atoms. The standard InChI is InChI=1S/C12H9N3O/c13-12(16)10-4-8-3-7-1-2-14-15-11(7)6-9(8)5-10/h1-3,5-6H,4H2,(H2,13,16). The molecule has 0 unspecified atom stereocenters. The van der Waals surface area contributed by atoms with Gasteiger partial charge in [-0.1, -0.05) is 0 Å². The number of amides is 1. The Labute approximate surface area is 91.8 Å². The highest BCUT2D eigenvalue weighted by Crippen LogP contribution is 2.28. The number of rotatable bonds is 1. The van der Waals surface area contributed by atoms with Crippen LogP contribution in [0.15, 0.2) is 30.0 Å². The molecule has 1 aliphatic rings. The van der Waals surface area contributed by atoms with Crippen molar-refractivity contribution in [3.05, 3.63) is 41.1 Å². The van der Waals surface area contributed by atoms with E-state index in [0.29, 0.717) is 12.0 Å². The van der Waals surface area contributed by atoms with Crippen LogP contribution >= 0.6 is 0 Å². The van der Waals surface area contributed by atoms with Gasteiger partial charge in [-0.05, 0) is 35.4 Å². The van der Waals surface area contributed by atoms with Gasteiger partial charge in [0.2, 0.25) is 5.91 Å². The van der Waals surface area contributed by atoms with E-state index in [0.717, 1.165) is 22.0 Å². The molecule has 3 rings (SSSR count). The minimum absolute atomic E-state index is 0.355. The molecule has 0 radical (unpaired) electrons. The predicted molar refractivity (Wildman–Crippen MR) is 60.4 cm³/mol. The molecule has 0 fully saturated rings. The minimum atomic E-state index is -0.355. The lowest BCUT2D eigenvalue weighted by Crippen LogP contribution is -2.13. The third kappa shape index (κ3) is 1.27. The smallest absolute Gasteiger partial charge is 0.244 e. The third-order valence-electron chi connectivity index (χ3n) is 2.80. The zero-order valence-corrected chi connectivity index (χ0v) is 8.47. The molecule has 0 atom stereocenters. The number of hydrogen-bond donors (Lipinski definition) is 1. The van der Waals surface area contributed by atoms with Crippen molar-refractivity contribution in [2.45, 2.75) is 6.42 Å². The Morgan fingerprint density at radius 1 is 1.38 bits per heavy atom. The highest BCUT2D eigenvalue weighted by Gasteiger charge is 2.17. The number of hydrogen-bond acceptors (Lipinski definition) is 3. The SMILES string of the molecule is NC(=O)C1=Cc2cc3nnccc3cc2C1. The van der Waals surface area contributed by atoms with Crippen LogP contribution in [0.1, 0.15) is 11.1 Å². The Bertz CT molecular complexity index is 631. The van der Waals surface area contributed by atoms with Crippen LogP contribution in [-0.4, -0.2) is 16.1 Å². The lowest BCUT2D eigenvalue weighted by Gasteiger charge is -2.00. The summed E-state index contributed by atoms with van der Waals surface area (Å²) in [5.41, 5.74) is 8.89. The van der Waals surface area contributed by atoms with Gasteiger partial charge in [-0.3, -0.25) is 4.79 Å². The first-order chi connectivity index (χ1) is 7.74. The molecular formula is C12H9N3O. The first kappa shape index (κ1) is 9.03. The van der Waals surface area contributed by atoms with Gasteiger partial charge in [-0.25, -0.2) is 0 Å². The summed E-state index contributed by atoms with van der Waals surface area (Å²) in [5, 5.41) is 8.90. The van der Waals surface area contributed by atoms with Gasteiger partial charge in [0.05, 0.1) is 11.7 Å². The van der Waals surface area contributed by atoms with Gasteiger partial charge < -0.3 is 5.73 Å². The molecule has 0 saturated carbocycles. The lowest BCUT2D eigenvalue weighted by atomic mass is 10.1. The fourth-order valence-corrected chi connectivity index (χ4v) is 1.99. The van der Waals surface area contributed by atoms with Crippen LogP contribution in [0, 0.1) is 0 Å². The van der Waals surface area contributed by atoms with Crippen LogP contribution in [0.2, 0.25) is 0 Å². The summed E-state index contributed by atoms with van der Waals surface area (Å²) in [7, 11) is 0. The summed E-state index contributed by atoms with van der Waals surface area (Å²) in [6, 6.07) is 5.88. The Kier molecular flexibility index (Phi) is 1.77. The molecule has 1 aromatic carbocycles. The fourth-order valence-electron chi connectivity index (χ4n) is 1.99. The highest BCUT2D eigenvalue weighted by atomic mass is 16.1. The summed E-state index contributed by atoms with van der Waals surface area (Å²) in [6.45, 7) is 0. The maximum absolute atomic E-state index is 11.1. The Morgan fingerprint density at radius 3 is 3.06 bits per heavy atom. The largest absolute Gasteiger partial charge is 0.366 e. The number of fused-ring (bicyclic) bond motifs is 2. The molecule has 78 valence electrons. The van der Waals surface area contributed by atoms with Gasteiger partial charge in [0.15, 0.2) is 0 Å². The van der Waals surface area contributed by atoms with Crippen LogP contribution in [0.5, 0.6) is 0 Å². The van der Waals surface area contributed by atoms with Crippen LogP contribution in [0.25, 0.3) is 17.0 Å². The number of carbonyl (C=O) groups excluding carboxylic acids is 1. The van der Waals surface area contributed by atoms with E-state index in [1.807, 2.05) is 24.3 Å². The average Bonchev–Trinajstić information content (AvgIpc) is 2.68. The van der Waals surface area contributed by atoms with E-state index in [9.17, 15) is 4.79 Å². The molecule has 0 aliphatic heterocycles. The van der Waals surface area contributed by atoms with Gasteiger partial charge in [-0.15, -0.1) is 0 Å². The topological polar surface area (TPSA) is 68.9 Å². The first-order valence-electron chi connectivity index (χ1n) is 4.99. The van der Waals surface area contributed by atoms with E-state index in [4.69, 9.17) is 5.73 Å². The molecule has 0 spiro atoms. The highest BCUT2D eigenvalue weighted by molar-refractivity contribution is 6.00. The molecule has 1 heterocycles. The van der Waals surface area contributed by atoms with Crippen molar-refractivity contribution in [2.75, 3.05) is 0 Å². The van der Waals surface area contributed by atoms with E-state index in [1.165, 1.54) is 0 Å². The summed E-state index contributed by atoms with van der Waals surface area (Å²) in [6.07, 6.45) is 4.10. The maximum Gasteiger partial charge on any atom is 0.244 e. The van der Waals surface area contributed by atoms with E-state index in [-0.39, 0.29) is 5.91 Å². The summed E-state index contributed by atoms with van der Waals surface area (Å²) >= 11 is 0. The van der Waals surface area contributed by atoms with Crippen molar-refractivity contribution < 1.29 is 4.79 Å². The second-order valence-electron chi connectivity index (χ2n) is 3.85. The Hall–Kier alpha value is -2.23. The molecule has 4 heteroatoms. The predicted octanol–water partition coefficient (Wildman–Crippen LogP) is 1.05. The minimum Gasteiger partial charge on any atom is -0.366 e. The quantitative estimate of drug-likeness (QED) is 0.766. The molecule has 0 bridgehead atoms. The van der Waals surface area contributed by atoms with Crippen molar-refractivity contribution in [1.82, 2.24) is 10.2 Å². The summed E-state index contributed by atoms with van der Waals surface area (Å²) < 4.78 is 0. The van der Waals surface area contributed by atoms with E-state index >= 15 is 0 Å². The number of aromatic nitrogens is 2. The molecule has 0 saturated heterocycles. The fraction of sp³-hybridized carbons (Fsp3) is 0.0833. The number of carbonyl (C=O) groups is 1. The number of primary amides is 1. The number of benzene rings is 1. The van der Waals surface area contributed by atoms with Gasteiger partial charge >= 0.3 is 0 Å². The summed E-state index contributed by atoms with van der Waals surface area (Å²) in [4.78, 5) is 11.1. The average molecular weight is 211 g/mol. The lowest BCUT2D eigenvalue weighted by molar-refractivity contribution is -0.114. The number of nitrogens with zero attached hydrogens (tertiary/aromatic N) is 2. The van der Waals surface area contributed by atoms with Gasteiger partial charge in [0.1, 0.15) is 0 Å². The van der Waals surface area contributed by atoms with Gasteiger partial charge in [-0.2, -0.15) is 10.2 Å². The molecule has 1 aliphatic carbocycles. The van der Waals surface area contributed by atoms with Gasteiger partial charge in [0, 0.05) is 17.4 Å². The van der Waals surface area contributed by atoms with Crippen molar-refractivity contribution in [1.29, 1.82) is 0 Å². The molecular weight excluding hydrogens is 202 g/mol. The summed E-state index contributed by atoms with van der Waals surface area (Å²) in [5.74, 6) is -0.355. The molecule has 1 aromatic heterocycles. The van der Waals surface area contributed by atoms with Crippen LogP contribution in [0.4, 0.5) is 0 Å². The Balaban J connectivity index is 2.19. The van der Waals surface area contributed by atoms with E-state index in [1.54, 1.807) is 6.20 Å². The number of nitrogens with two attached hydrogens (primary N) is 1. The van der Waals surface area contributed by atoms with Crippen LogP contribution in [0.3, 0.4) is 0 Å². The van der Waals surface area contributed by atoms with E-state index in [2.05, 4.69) is 10.2 Å². The van der Waals surface area contributed by atoms with Crippen molar-refractivity contribution in [2.24, 2.45) is 5.73 Å². The first-order valence-corrected chi connectivity index (χ1v) is 4.99. The second kappa shape index (κ2) is 3.13. The molecule has 2 aromatic rings. The molecule has 2 N–H and O–H groups in total. The zero-order chi connectivity index (χ0) is 11.1. The van der Waals surface area contributed by atoms with Crippen molar-refractivity contribution in [3.63, 3.8) is 0 Å². The van der Waals surface area contributed by atoms with Crippen molar-refractivity contribution >= 4 is 22.9 Å². The monoisotopic (exact) mass is 211 g/mol. The second-order valence-corrected chi connectivity index (χ2v) is 3.85. The molecule has 1 amide bonds. The maximum atomic E-state index is 11.1. The third-order valence-corrected chi connectivity index (χ3v) is 2.80. The zero-order valence-electron chi connectivity index (χ0n) is 8.47.